The van der Waals surface area contributed by atoms with Crippen LogP contribution in [0.25, 0.3) is 0 Å². The maximum atomic E-state index is 11.0. The number of hydrogen-bond donors (Lipinski definition) is 1. The number of nitrogens with zero attached hydrogens (tertiary/aromatic N) is 4. The van der Waals surface area contributed by atoms with Gasteiger partial charge in [-0.3, -0.25) is 15.1 Å². The number of ether oxygens (including phenoxy) is 1. The van der Waals surface area contributed by atoms with Crippen molar-refractivity contribution in [3.05, 3.63) is 39.8 Å². The predicted octanol–water partition coefficient (Wildman–Crippen LogP) is 1.77. The third-order valence-electron chi connectivity index (χ3n) is 2.39. The number of anilines is 1. The van der Waals surface area contributed by atoms with Gasteiger partial charge in [0.25, 0.3) is 0 Å². The largest absolute Gasteiger partial charge is 0.432 e. The molecular formula is C11H11N5O3. The Morgan fingerprint density at radius 1 is 1.32 bits per heavy atom. The highest BCUT2D eigenvalue weighted by Crippen LogP contribution is 2.32. The van der Waals surface area contributed by atoms with Crippen molar-refractivity contribution in [2.75, 3.05) is 5.73 Å². The first-order chi connectivity index (χ1) is 8.99. The van der Waals surface area contributed by atoms with E-state index in [0.717, 1.165) is 0 Å². The number of nitrogen functional groups attached to an aromatic ring is 1. The van der Waals surface area contributed by atoms with E-state index in [9.17, 15) is 10.1 Å². The highest BCUT2D eigenvalue weighted by Gasteiger charge is 2.24. The Morgan fingerprint density at radius 3 is 2.68 bits per heavy atom. The van der Waals surface area contributed by atoms with Crippen LogP contribution in [0.3, 0.4) is 0 Å². The number of pyridine rings is 1. The Bertz CT molecular complexity index is 644. The molecule has 2 aromatic rings. The second-order valence-electron chi connectivity index (χ2n) is 3.77. The van der Waals surface area contributed by atoms with Crippen LogP contribution in [0.15, 0.2) is 18.3 Å². The van der Waals surface area contributed by atoms with Gasteiger partial charge in [0.05, 0.1) is 10.6 Å². The topological polar surface area (TPSA) is 117 Å². The predicted molar refractivity (Wildman–Crippen MR) is 66.9 cm³/mol. The van der Waals surface area contributed by atoms with Gasteiger partial charge >= 0.3 is 11.6 Å². The highest BCUT2D eigenvalue weighted by molar-refractivity contribution is 5.49. The standard InChI is InChI=1S/C11H11N5O3/c1-6-8(4-3-5-13-6)19-10-9(16(17)18)7(2)14-11(12)15-10/h3-5H,1-2H3,(H2,12,14,15). The van der Waals surface area contributed by atoms with Crippen LogP contribution in [0.5, 0.6) is 11.6 Å². The van der Waals surface area contributed by atoms with Gasteiger partial charge < -0.3 is 10.5 Å². The van der Waals surface area contributed by atoms with Crippen LogP contribution in [0, 0.1) is 24.0 Å². The summed E-state index contributed by atoms with van der Waals surface area (Å²) in [5.74, 6) is 0.105. The zero-order chi connectivity index (χ0) is 14.0. The molecule has 2 heterocycles. The third-order valence-corrected chi connectivity index (χ3v) is 2.39. The molecule has 0 spiro atoms. The maximum Gasteiger partial charge on any atom is 0.352 e. The monoisotopic (exact) mass is 261 g/mol. The van der Waals surface area contributed by atoms with Crippen molar-refractivity contribution in [1.29, 1.82) is 0 Å². The molecule has 8 heteroatoms. The van der Waals surface area contributed by atoms with Crippen molar-refractivity contribution < 1.29 is 9.66 Å². The summed E-state index contributed by atoms with van der Waals surface area (Å²) >= 11 is 0. The maximum absolute atomic E-state index is 11.0. The van der Waals surface area contributed by atoms with E-state index in [4.69, 9.17) is 10.5 Å². The molecule has 0 aromatic carbocycles. The molecule has 0 aliphatic carbocycles. The summed E-state index contributed by atoms with van der Waals surface area (Å²) in [5, 5.41) is 11.0. The average Bonchev–Trinajstić information content (AvgIpc) is 2.30. The van der Waals surface area contributed by atoms with Gasteiger partial charge in [-0.15, -0.1) is 0 Å². The number of hydrogen-bond acceptors (Lipinski definition) is 7. The van der Waals surface area contributed by atoms with Crippen LogP contribution in [-0.2, 0) is 0 Å². The first-order valence-electron chi connectivity index (χ1n) is 5.37. The fourth-order valence-electron chi connectivity index (χ4n) is 1.52. The smallest absolute Gasteiger partial charge is 0.352 e. The van der Waals surface area contributed by atoms with E-state index in [1.165, 1.54) is 6.92 Å². The van der Waals surface area contributed by atoms with Crippen molar-refractivity contribution >= 4 is 11.6 Å². The molecule has 8 nitrogen and oxygen atoms in total. The van der Waals surface area contributed by atoms with Gasteiger partial charge in [-0.2, -0.15) is 4.98 Å². The zero-order valence-electron chi connectivity index (χ0n) is 10.3. The second-order valence-corrected chi connectivity index (χ2v) is 3.77. The lowest BCUT2D eigenvalue weighted by Gasteiger charge is -2.08. The van der Waals surface area contributed by atoms with E-state index in [1.807, 2.05) is 0 Å². The van der Waals surface area contributed by atoms with Crippen LogP contribution in [0.1, 0.15) is 11.4 Å². The fourth-order valence-corrected chi connectivity index (χ4v) is 1.52. The van der Waals surface area contributed by atoms with Crippen molar-refractivity contribution in [1.82, 2.24) is 15.0 Å². The van der Waals surface area contributed by atoms with E-state index in [0.29, 0.717) is 11.4 Å². The van der Waals surface area contributed by atoms with Gasteiger partial charge in [0.1, 0.15) is 5.69 Å². The Kier molecular flexibility index (Phi) is 3.23. The third kappa shape index (κ3) is 2.57. The van der Waals surface area contributed by atoms with Crippen LogP contribution < -0.4 is 10.5 Å². The lowest BCUT2D eigenvalue weighted by molar-refractivity contribution is -0.386. The van der Waals surface area contributed by atoms with Crippen LogP contribution in [0.4, 0.5) is 11.6 Å². The van der Waals surface area contributed by atoms with Crippen LogP contribution in [0.2, 0.25) is 0 Å². The van der Waals surface area contributed by atoms with Gasteiger partial charge in [-0.05, 0) is 26.0 Å². The summed E-state index contributed by atoms with van der Waals surface area (Å²) < 4.78 is 5.43. The minimum Gasteiger partial charge on any atom is -0.432 e. The SMILES string of the molecule is Cc1ncccc1Oc1nc(N)nc(C)c1[N+](=O)[O-]. The Labute approximate surface area is 108 Å². The summed E-state index contributed by atoms with van der Waals surface area (Å²) in [6.07, 6.45) is 1.59. The molecule has 19 heavy (non-hydrogen) atoms. The molecule has 0 fully saturated rings. The first kappa shape index (κ1) is 12.7. The summed E-state index contributed by atoms with van der Waals surface area (Å²) in [4.78, 5) is 22.0. The molecule has 0 saturated heterocycles. The summed E-state index contributed by atoms with van der Waals surface area (Å²) in [6, 6.07) is 3.30. The Morgan fingerprint density at radius 2 is 2.05 bits per heavy atom. The zero-order valence-corrected chi connectivity index (χ0v) is 10.3. The minimum absolute atomic E-state index is 0.0837. The normalized spacial score (nSPS) is 10.2. The molecule has 0 saturated carbocycles. The molecule has 98 valence electrons. The molecule has 0 amide bonds. The average molecular weight is 261 g/mol. The molecule has 0 bridgehead atoms. The molecule has 2 rings (SSSR count). The number of aromatic nitrogens is 3. The van der Waals surface area contributed by atoms with E-state index < -0.39 is 4.92 Å². The molecule has 0 atom stereocenters. The number of aryl methyl sites for hydroxylation is 2. The van der Waals surface area contributed by atoms with Crippen molar-refractivity contribution in [2.24, 2.45) is 0 Å². The number of nitro groups is 1. The second kappa shape index (κ2) is 4.84. The van der Waals surface area contributed by atoms with Crippen molar-refractivity contribution in [3.8, 4) is 11.6 Å². The van der Waals surface area contributed by atoms with Gasteiger partial charge in [0.15, 0.2) is 5.75 Å². The lowest BCUT2D eigenvalue weighted by Crippen LogP contribution is -2.05. The molecule has 2 aromatic heterocycles. The van der Waals surface area contributed by atoms with Crippen LogP contribution in [-0.4, -0.2) is 19.9 Å². The number of rotatable bonds is 3. The van der Waals surface area contributed by atoms with Gasteiger partial charge in [-0.1, -0.05) is 0 Å². The molecule has 0 unspecified atom stereocenters. The molecular weight excluding hydrogens is 250 g/mol. The summed E-state index contributed by atoms with van der Waals surface area (Å²) in [7, 11) is 0. The Hall–Kier alpha value is -2.77. The lowest BCUT2D eigenvalue weighted by atomic mass is 10.3. The highest BCUT2D eigenvalue weighted by atomic mass is 16.6. The van der Waals surface area contributed by atoms with Crippen molar-refractivity contribution in [2.45, 2.75) is 13.8 Å². The fraction of sp³-hybridized carbons (Fsp3) is 0.182. The van der Waals surface area contributed by atoms with Gasteiger partial charge in [0, 0.05) is 6.20 Å². The van der Waals surface area contributed by atoms with E-state index in [1.54, 1.807) is 25.3 Å². The van der Waals surface area contributed by atoms with Crippen molar-refractivity contribution in [3.63, 3.8) is 0 Å². The molecule has 0 aliphatic heterocycles. The molecule has 0 aliphatic rings. The summed E-state index contributed by atoms with van der Waals surface area (Å²) in [5.41, 5.74) is 5.91. The van der Waals surface area contributed by atoms with E-state index in [-0.39, 0.29) is 23.2 Å². The quantitative estimate of drug-likeness (QED) is 0.660. The van der Waals surface area contributed by atoms with E-state index in [2.05, 4.69) is 15.0 Å². The molecule has 0 radical (unpaired) electrons. The van der Waals surface area contributed by atoms with Gasteiger partial charge in [-0.25, -0.2) is 4.98 Å². The van der Waals surface area contributed by atoms with Crippen LogP contribution >= 0.6 is 0 Å². The first-order valence-corrected chi connectivity index (χ1v) is 5.37. The molecule has 2 N–H and O–H groups in total. The Balaban J connectivity index is 2.51. The van der Waals surface area contributed by atoms with E-state index >= 15 is 0 Å². The number of nitrogens with two attached hydrogens (primary N) is 1. The summed E-state index contributed by atoms with van der Waals surface area (Å²) in [6.45, 7) is 3.19. The minimum atomic E-state index is -0.601. The van der Waals surface area contributed by atoms with Gasteiger partial charge in [0.2, 0.25) is 5.95 Å².